The first-order valence-electron chi connectivity index (χ1n) is 10.5. The lowest BCUT2D eigenvalue weighted by Gasteiger charge is -2.39. The molecule has 0 unspecified atom stereocenters. The molecule has 1 aromatic rings. The van der Waals surface area contributed by atoms with E-state index in [2.05, 4.69) is 15.3 Å². The van der Waals surface area contributed by atoms with Crippen LogP contribution in [0, 0.1) is 11.8 Å². The molecule has 2 aliphatic carbocycles. The van der Waals surface area contributed by atoms with E-state index in [4.69, 9.17) is 9.47 Å². The van der Waals surface area contributed by atoms with Crippen LogP contribution in [0.2, 0.25) is 0 Å². The second kappa shape index (κ2) is 8.43. The maximum Gasteiger partial charge on any atom is 0.414 e. The predicted octanol–water partition coefficient (Wildman–Crippen LogP) is 2.07. The number of rotatable bonds is 9. The van der Waals surface area contributed by atoms with Gasteiger partial charge in [-0.25, -0.2) is 18.6 Å². The molecule has 1 saturated heterocycles. The van der Waals surface area contributed by atoms with Crippen molar-refractivity contribution in [3.63, 3.8) is 0 Å². The summed E-state index contributed by atoms with van der Waals surface area (Å²) in [6, 6.07) is -0.684. The van der Waals surface area contributed by atoms with Crippen molar-refractivity contribution in [3.8, 4) is 11.8 Å². The van der Waals surface area contributed by atoms with Crippen LogP contribution in [0.3, 0.4) is 0 Å². The van der Waals surface area contributed by atoms with Crippen LogP contribution in [0.15, 0.2) is 6.20 Å². The number of anilines is 1. The van der Waals surface area contributed by atoms with Gasteiger partial charge in [-0.05, 0) is 31.1 Å². The molecule has 1 aliphatic heterocycles. The van der Waals surface area contributed by atoms with Crippen molar-refractivity contribution in [2.45, 2.75) is 44.1 Å². The van der Waals surface area contributed by atoms with Crippen molar-refractivity contribution < 1.29 is 27.8 Å². The minimum atomic E-state index is -2.76. The first-order valence-corrected chi connectivity index (χ1v) is 10.5. The summed E-state index contributed by atoms with van der Waals surface area (Å²) in [5, 5.41) is 2.60. The van der Waals surface area contributed by atoms with Gasteiger partial charge in [-0.15, -0.1) is 0 Å². The summed E-state index contributed by atoms with van der Waals surface area (Å²) in [5.41, 5.74) is 0. The Morgan fingerprint density at radius 2 is 1.94 bits per heavy atom. The summed E-state index contributed by atoms with van der Waals surface area (Å²) >= 11 is 0. The van der Waals surface area contributed by atoms with Gasteiger partial charge in [0.25, 0.3) is 11.8 Å². The van der Waals surface area contributed by atoms with Gasteiger partial charge in [-0.3, -0.25) is 4.79 Å². The number of hydrogen-bond acceptors (Lipinski definition) is 7. The zero-order valence-electron chi connectivity index (χ0n) is 17.6. The average Bonchev–Trinajstić information content (AvgIpc) is 3.58. The quantitative estimate of drug-likeness (QED) is 0.629. The topological polar surface area (TPSA) is 96.9 Å². The SMILES string of the molecule is CN(C)C(=O)[C@H](CC1CC1)NC(=O)Oc1cnc(N2CC(F)(F)C2)c(OCC2CC2)n1. The summed E-state index contributed by atoms with van der Waals surface area (Å²) in [6.07, 6.45) is 5.09. The largest absolute Gasteiger partial charge is 0.475 e. The summed E-state index contributed by atoms with van der Waals surface area (Å²) in [6.45, 7) is -0.516. The Kier molecular flexibility index (Phi) is 5.85. The van der Waals surface area contributed by atoms with Crippen LogP contribution < -0.4 is 19.7 Å². The lowest BCUT2D eigenvalue weighted by molar-refractivity contribution is -0.131. The highest BCUT2D eigenvalue weighted by Crippen LogP contribution is 2.37. The molecule has 3 fully saturated rings. The molecular formula is C20H27F2N5O4. The Bertz CT molecular complexity index is 837. The molecule has 0 radical (unpaired) electrons. The molecule has 170 valence electrons. The van der Waals surface area contributed by atoms with Crippen molar-refractivity contribution >= 4 is 17.8 Å². The number of carbonyl (C=O) groups excluding carboxylic acids is 2. The van der Waals surface area contributed by atoms with Crippen LogP contribution in [-0.4, -0.2) is 72.6 Å². The molecule has 4 rings (SSSR count). The van der Waals surface area contributed by atoms with E-state index in [1.807, 2.05) is 0 Å². The molecule has 2 heterocycles. The van der Waals surface area contributed by atoms with E-state index in [0.717, 1.165) is 25.7 Å². The van der Waals surface area contributed by atoms with E-state index >= 15 is 0 Å². The van der Waals surface area contributed by atoms with Gasteiger partial charge in [0.2, 0.25) is 11.8 Å². The summed E-state index contributed by atoms with van der Waals surface area (Å²) in [5.74, 6) is -1.99. The van der Waals surface area contributed by atoms with E-state index in [1.54, 1.807) is 14.1 Å². The first kappa shape index (κ1) is 21.5. The third-order valence-corrected chi connectivity index (χ3v) is 5.49. The van der Waals surface area contributed by atoms with Gasteiger partial charge in [0.15, 0.2) is 5.82 Å². The minimum Gasteiger partial charge on any atom is -0.475 e. The highest BCUT2D eigenvalue weighted by Gasteiger charge is 2.46. The molecule has 0 aromatic carbocycles. The van der Waals surface area contributed by atoms with Gasteiger partial charge in [0, 0.05) is 14.1 Å². The molecule has 0 spiro atoms. The van der Waals surface area contributed by atoms with Crippen molar-refractivity contribution in [1.29, 1.82) is 0 Å². The molecule has 2 saturated carbocycles. The highest BCUT2D eigenvalue weighted by molar-refractivity contribution is 5.85. The van der Waals surface area contributed by atoms with E-state index in [0.29, 0.717) is 24.9 Å². The highest BCUT2D eigenvalue weighted by atomic mass is 19.3. The van der Waals surface area contributed by atoms with Crippen molar-refractivity contribution in [3.05, 3.63) is 6.20 Å². The van der Waals surface area contributed by atoms with Crippen LogP contribution >= 0.6 is 0 Å². The molecule has 1 N–H and O–H groups in total. The number of nitrogens with zero attached hydrogens (tertiary/aromatic N) is 4. The smallest absolute Gasteiger partial charge is 0.414 e. The van der Waals surface area contributed by atoms with Crippen LogP contribution in [0.25, 0.3) is 0 Å². The number of likely N-dealkylation sites (N-methyl/N-ethyl adjacent to an activating group) is 1. The molecule has 2 amide bonds. The van der Waals surface area contributed by atoms with Gasteiger partial charge >= 0.3 is 6.09 Å². The predicted molar refractivity (Wildman–Crippen MR) is 106 cm³/mol. The monoisotopic (exact) mass is 439 g/mol. The fourth-order valence-corrected chi connectivity index (χ4v) is 3.34. The maximum atomic E-state index is 13.3. The zero-order valence-corrected chi connectivity index (χ0v) is 17.6. The Morgan fingerprint density at radius 3 is 2.52 bits per heavy atom. The van der Waals surface area contributed by atoms with Crippen LogP contribution in [0.1, 0.15) is 32.1 Å². The van der Waals surface area contributed by atoms with Crippen molar-refractivity contribution in [2.75, 3.05) is 38.7 Å². The van der Waals surface area contributed by atoms with Gasteiger partial charge < -0.3 is 24.6 Å². The third kappa shape index (κ3) is 5.71. The second-order valence-electron chi connectivity index (χ2n) is 8.80. The number of amides is 2. The van der Waals surface area contributed by atoms with Gasteiger partial charge in [0.05, 0.1) is 25.9 Å². The van der Waals surface area contributed by atoms with Crippen molar-refractivity contribution in [2.24, 2.45) is 11.8 Å². The van der Waals surface area contributed by atoms with Crippen molar-refractivity contribution in [1.82, 2.24) is 20.2 Å². The molecule has 11 heteroatoms. The van der Waals surface area contributed by atoms with E-state index < -0.39 is 31.1 Å². The normalized spacial score (nSPS) is 20.5. The number of halogens is 2. The standard InChI is InChI=1S/C20H27F2N5O4/c1-26(2)18(28)14(7-12-3-4-12)24-19(29)31-15-8-23-16(27-10-20(21,22)11-27)17(25-15)30-9-13-5-6-13/h8,12-14H,3-7,9-11H2,1-2H3,(H,24,29)/t14-/m0/s1. The molecule has 1 atom stereocenters. The number of ether oxygens (including phenoxy) is 2. The van der Waals surface area contributed by atoms with E-state index in [9.17, 15) is 18.4 Å². The number of carbonyl (C=O) groups is 2. The zero-order chi connectivity index (χ0) is 22.2. The maximum absolute atomic E-state index is 13.3. The molecular weight excluding hydrogens is 412 g/mol. The summed E-state index contributed by atoms with van der Waals surface area (Å²) < 4.78 is 37.5. The Morgan fingerprint density at radius 1 is 1.26 bits per heavy atom. The van der Waals surface area contributed by atoms with Gasteiger partial charge in [-0.1, -0.05) is 12.8 Å². The Balaban J connectivity index is 1.42. The van der Waals surface area contributed by atoms with Crippen LogP contribution in [-0.2, 0) is 4.79 Å². The summed E-state index contributed by atoms with van der Waals surface area (Å²) in [4.78, 5) is 35.9. The molecule has 1 aromatic heterocycles. The molecule has 9 nitrogen and oxygen atoms in total. The van der Waals surface area contributed by atoms with E-state index in [1.165, 1.54) is 16.0 Å². The van der Waals surface area contributed by atoms with Gasteiger partial charge in [0.1, 0.15) is 6.04 Å². The number of nitrogens with one attached hydrogen (secondary N) is 1. The van der Waals surface area contributed by atoms with Crippen LogP contribution in [0.5, 0.6) is 11.8 Å². The average molecular weight is 439 g/mol. The van der Waals surface area contributed by atoms with Crippen LogP contribution in [0.4, 0.5) is 19.4 Å². The first-order chi connectivity index (χ1) is 14.7. The number of hydrogen-bond donors (Lipinski definition) is 1. The lowest BCUT2D eigenvalue weighted by atomic mass is 10.1. The molecule has 31 heavy (non-hydrogen) atoms. The number of aromatic nitrogens is 2. The molecule has 3 aliphatic rings. The third-order valence-electron chi connectivity index (χ3n) is 5.49. The fraction of sp³-hybridized carbons (Fsp3) is 0.700. The lowest BCUT2D eigenvalue weighted by Crippen LogP contribution is -2.56. The second-order valence-corrected chi connectivity index (χ2v) is 8.80. The van der Waals surface area contributed by atoms with E-state index in [-0.39, 0.29) is 23.5 Å². The Hall–Kier alpha value is -2.72. The Labute approximate surface area is 179 Å². The summed E-state index contributed by atoms with van der Waals surface area (Å²) in [7, 11) is 3.25. The molecule has 0 bridgehead atoms. The number of alkyl halides is 2. The van der Waals surface area contributed by atoms with Gasteiger partial charge in [-0.2, -0.15) is 4.98 Å². The minimum absolute atomic E-state index is 0.0617. The fourth-order valence-electron chi connectivity index (χ4n) is 3.34.